The number of aryl methyl sites for hydroxylation is 1. The molecule has 1 aromatic rings. The number of aromatic nitrogens is 1. The first-order valence-corrected chi connectivity index (χ1v) is 8.68. The quantitative estimate of drug-likeness (QED) is 0.848. The Balaban J connectivity index is 1.45. The molecule has 2 saturated heterocycles. The molecule has 0 amide bonds. The Hall–Kier alpha value is -0.910. The maximum Gasteiger partial charge on any atom is 0.191 e. The number of piperidine rings is 1. The topological polar surface area (TPSA) is 35.8 Å². The zero-order valence-corrected chi connectivity index (χ0v) is 14.3. The molecular weight excluding hydrogens is 276 g/mol. The van der Waals surface area contributed by atoms with Crippen molar-refractivity contribution in [1.82, 2.24) is 19.7 Å². The zero-order valence-electron chi connectivity index (χ0n) is 14.3. The molecule has 1 aromatic heterocycles. The fourth-order valence-corrected chi connectivity index (χ4v) is 3.83. The molecule has 1 atom stereocenters. The molecule has 2 aliphatic rings. The summed E-state index contributed by atoms with van der Waals surface area (Å²) in [6, 6.07) is 0.727. The lowest BCUT2D eigenvalue weighted by Gasteiger charge is -2.42. The average molecular weight is 306 g/mol. The summed E-state index contributed by atoms with van der Waals surface area (Å²) in [7, 11) is 2.23. The summed E-state index contributed by atoms with van der Waals surface area (Å²) in [5.74, 6) is 1.62. The van der Waals surface area contributed by atoms with Crippen LogP contribution in [-0.2, 0) is 6.54 Å². The van der Waals surface area contributed by atoms with Gasteiger partial charge in [0.1, 0.15) is 6.26 Å². The summed E-state index contributed by atoms with van der Waals surface area (Å²) in [6.45, 7) is 12.6. The highest BCUT2D eigenvalue weighted by Crippen LogP contribution is 2.25. The lowest BCUT2D eigenvalue weighted by atomic mass is 9.89. The number of nitrogens with zero attached hydrogens (tertiary/aromatic N) is 4. The first-order chi connectivity index (χ1) is 10.6. The van der Waals surface area contributed by atoms with Crippen LogP contribution in [0, 0.1) is 12.8 Å². The maximum absolute atomic E-state index is 5.30. The smallest absolute Gasteiger partial charge is 0.191 e. The molecule has 3 heterocycles. The first-order valence-electron chi connectivity index (χ1n) is 8.68. The van der Waals surface area contributed by atoms with E-state index < -0.39 is 0 Å². The van der Waals surface area contributed by atoms with E-state index in [1.54, 1.807) is 6.26 Å². The fraction of sp³-hybridized carbons (Fsp3) is 0.824. The van der Waals surface area contributed by atoms with Crippen molar-refractivity contribution in [3.8, 4) is 0 Å². The van der Waals surface area contributed by atoms with Crippen molar-refractivity contribution >= 4 is 0 Å². The SMILES string of the molecule is Cc1nc(CN2CCC([C@@H](C)N3CCN(C)CC3)CC2)co1. The van der Waals surface area contributed by atoms with Gasteiger partial charge in [-0.3, -0.25) is 9.80 Å². The fourth-order valence-electron chi connectivity index (χ4n) is 3.83. The molecule has 3 rings (SSSR count). The van der Waals surface area contributed by atoms with Crippen molar-refractivity contribution in [2.75, 3.05) is 46.3 Å². The van der Waals surface area contributed by atoms with Gasteiger partial charge in [-0.1, -0.05) is 0 Å². The van der Waals surface area contributed by atoms with Crippen LogP contribution in [0.4, 0.5) is 0 Å². The Morgan fingerprint density at radius 1 is 1.18 bits per heavy atom. The van der Waals surface area contributed by atoms with E-state index in [4.69, 9.17) is 4.42 Å². The number of hydrogen-bond acceptors (Lipinski definition) is 5. The van der Waals surface area contributed by atoms with Gasteiger partial charge in [0.25, 0.3) is 0 Å². The predicted molar refractivity (Wildman–Crippen MR) is 87.8 cm³/mol. The Morgan fingerprint density at radius 3 is 2.45 bits per heavy atom. The molecule has 2 aliphatic heterocycles. The Labute approximate surface area is 134 Å². The molecule has 0 unspecified atom stereocenters. The van der Waals surface area contributed by atoms with Gasteiger partial charge in [0, 0.05) is 45.7 Å². The molecule has 0 spiro atoms. The highest BCUT2D eigenvalue weighted by molar-refractivity contribution is 4.96. The van der Waals surface area contributed by atoms with E-state index in [1.807, 2.05) is 6.92 Å². The van der Waals surface area contributed by atoms with Gasteiger partial charge < -0.3 is 9.32 Å². The third-order valence-corrected chi connectivity index (χ3v) is 5.48. The minimum absolute atomic E-state index is 0.727. The largest absolute Gasteiger partial charge is 0.449 e. The van der Waals surface area contributed by atoms with Crippen molar-refractivity contribution in [3.63, 3.8) is 0 Å². The number of hydrogen-bond donors (Lipinski definition) is 0. The molecule has 0 aliphatic carbocycles. The molecule has 0 saturated carbocycles. The van der Waals surface area contributed by atoms with Crippen LogP contribution in [-0.4, -0.2) is 72.0 Å². The second-order valence-electron chi connectivity index (χ2n) is 7.05. The second kappa shape index (κ2) is 7.11. The van der Waals surface area contributed by atoms with Gasteiger partial charge in [0.2, 0.25) is 0 Å². The number of likely N-dealkylation sites (tertiary alicyclic amines) is 1. The van der Waals surface area contributed by atoms with E-state index in [0.717, 1.165) is 30.1 Å². The van der Waals surface area contributed by atoms with Gasteiger partial charge in [-0.25, -0.2) is 4.98 Å². The van der Waals surface area contributed by atoms with E-state index in [2.05, 4.69) is 33.7 Å². The van der Waals surface area contributed by atoms with E-state index in [9.17, 15) is 0 Å². The van der Waals surface area contributed by atoms with Crippen molar-refractivity contribution in [3.05, 3.63) is 17.8 Å². The summed E-state index contributed by atoms with van der Waals surface area (Å²) in [5.41, 5.74) is 1.07. The Morgan fingerprint density at radius 2 is 1.86 bits per heavy atom. The third kappa shape index (κ3) is 3.89. The summed E-state index contributed by atoms with van der Waals surface area (Å²) >= 11 is 0. The minimum atomic E-state index is 0.727. The zero-order chi connectivity index (χ0) is 15.5. The van der Waals surface area contributed by atoms with Crippen LogP contribution < -0.4 is 0 Å². The number of piperazine rings is 1. The Kier molecular flexibility index (Phi) is 5.16. The highest BCUT2D eigenvalue weighted by Gasteiger charge is 2.29. The molecule has 5 heteroatoms. The lowest BCUT2D eigenvalue weighted by Crippen LogP contribution is -2.51. The van der Waals surface area contributed by atoms with Crippen LogP contribution >= 0.6 is 0 Å². The van der Waals surface area contributed by atoms with E-state index in [1.165, 1.54) is 52.1 Å². The standard InChI is InChI=1S/C17H30N4O/c1-14(21-10-8-19(3)9-11-21)16-4-6-20(7-5-16)12-17-13-22-15(2)18-17/h13-14,16H,4-12H2,1-3H3/t14-/m1/s1. The van der Waals surface area contributed by atoms with Crippen LogP contribution in [0.2, 0.25) is 0 Å². The number of rotatable bonds is 4. The van der Waals surface area contributed by atoms with Gasteiger partial charge in [-0.15, -0.1) is 0 Å². The number of likely N-dealkylation sites (N-methyl/N-ethyl adjacent to an activating group) is 1. The van der Waals surface area contributed by atoms with Crippen LogP contribution in [0.25, 0.3) is 0 Å². The molecule has 22 heavy (non-hydrogen) atoms. The molecule has 2 fully saturated rings. The van der Waals surface area contributed by atoms with Crippen LogP contribution in [0.15, 0.2) is 10.7 Å². The van der Waals surface area contributed by atoms with Gasteiger partial charge >= 0.3 is 0 Å². The summed E-state index contributed by atoms with van der Waals surface area (Å²) in [6.07, 6.45) is 4.42. The van der Waals surface area contributed by atoms with Gasteiger partial charge in [-0.05, 0) is 45.8 Å². The first kappa shape index (κ1) is 16.0. The van der Waals surface area contributed by atoms with Crippen molar-refractivity contribution < 1.29 is 4.42 Å². The molecule has 0 bridgehead atoms. The predicted octanol–water partition coefficient (Wildman–Crippen LogP) is 1.83. The molecule has 0 radical (unpaired) electrons. The third-order valence-electron chi connectivity index (χ3n) is 5.48. The van der Waals surface area contributed by atoms with Gasteiger partial charge in [-0.2, -0.15) is 0 Å². The van der Waals surface area contributed by atoms with E-state index in [0.29, 0.717) is 0 Å². The monoisotopic (exact) mass is 306 g/mol. The molecule has 5 nitrogen and oxygen atoms in total. The van der Waals surface area contributed by atoms with E-state index >= 15 is 0 Å². The highest BCUT2D eigenvalue weighted by atomic mass is 16.3. The van der Waals surface area contributed by atoms with Crippen LogP contribution in [0.3, 0.4) is 0 Å². The second-order valence-corrected chi connectivity index (χ2v) is 7.05. The lowest BCUT2D eigenvalue weighted by molar-refractivity contribution is 0.0596. The van der Waals surface area contributed by atoms with Gasteiger partial charge in [0.15, 0.2) is 5.89 Å². The number of oxazole rings is 1. The normalized spacial score (nSPS) is 24.7. The van der Waals surface area contributed by atoms with Gasteiger partial charge in [0.05, 0.1) is 5.69 Å². The molecular formula is C17H30N4O. The maximum atomic E-state index is 5.30. The summed E-state index contributed by atoms with van der Waals surface area (Å²) in [5, 5.41) is 0. The van der Waals surface area contributed by atoms with Crippen LogP contribution in [0.5, 0.6) is 0 Å². The Bertz CT molecular complexity index is 459. The minimum Gasteiger partial charge on any atom is -0.449 e. The van der Waals surface area contributed by atoms with Crippen molar-refractivity contribution in [2.24, 2.45) is 5.92 Å². The molecule has 124 valence electrons. The average Bonchev–Trinajstić information content (AvgIpc) is 2.93. The van der Waals surface area contributed by atoms with Crippen molar-refractivity contribution in [2.45, 2.75) is 39.3 Å². The van der Waals surface area contributed by atoms with E-state index in [-0.39, 0.29) is 0 Å². The van der Waals surface area contributed by atoms with Crippen LogP contribution in [0.1, 0.15) is 31.4 Å². The summed E-state index contributed by atoms with van der Waals surface area (Å²) in [4.78, 5) is 12.1. The molecule has 0 N–H and O–H groups in total. The molecule has 0 aromatic carbocycles. The van der Waals surface area contributed by atoms with Crippen molar-refractivity contribution in [1.29, 1.82) is 0 Å². The summed E-state index contributed by atoms with van der Waals surface area (Å²) < 4.78 is 5.30.